The fraction of sp³-hybridized carbons (Fsp3) is 0.600. The first kappa shape index (κ1) is 18.2. The van der Waals surface area contributed by atoms with Crippen LogP contribution in [-0.4, -0.2) is 44.1 Å². The van der Waals surface area contributed by atoms with E-state index in [1.54, 1.807) is 30.3 Å². The van der Waals surface area contributed by atoms with E-state index >= 15 is 0 Å². The first-order valence-corrected chi connectivity index (χ1v) is 9.00. The van der Waals surface area contributed by atoms with Gasteiger partial charge in [-0.05, 0) is 31.9 Å². The van der Waals surface area contributed by atoms with E-state index in [9.17, 15) is 21.6 Å². The zero-order valence-corrected chi connectivity index (χ0v) is 13.7. The summed E-state index contributed by atoms with van der Waals surface area (Å²) >= 11 is 0. The van der Waals surface area contributed by atoms with Gasteiger partial charge in [0.05, 0.1) is 11.3 Å². The number of hydrogen-bond acceptors (Lipinski definition) is 3. The van der Waals surface area contributed by atoms with Gasteiger partial charge in [-0.15, -0.1) is 0 Å². The monoisotopic (exact) mass is 350 g/mol. The lowest BCUT2D eigenvalue weighted by atomic mass is 10.0. The van der Waals surface area contributed by atoms with Crippen LogP contribution < -0.4 is 5.32 Å². The normalized spacial score (nSPS) is 19.7. The summed E-state index contributed by atoms with van der Waals surface area (Å²) < 4.78 is 63.3. The maximum Gasteiger partial charge on any atom is 0.390 e. The second-order valence-electron chi connectivity index (χ2n) is 5.88. The van der Waals surface area contributed by atoms with E-state index in [2.05, 4.69) is 5.32 Å². The van der Waals surface area contributed by atoms with Gasteiger partial charge in [0.25, 0.3) is 0 Å². The second-order valence-corrected chi connectivity index (χ2v) is 7.82. The molecule has 4 nitrogen and oxygen atoms in total. The van der Waals surface area contributed by atoms with Crippen LogP contribution in [0.4, 0.5) is 13.2 Å². The molecule has 1 aromatic rings. The van der Waals surface area contributed by atoms with E-state index < -0.39 is 28.7 Å². The van der Waals surface area contributed by atoms with Crippen LogP contribution in [0.5, 0.6) is 0 Å². The summed E-state index contributed by atoms with van der Waals surface area (Å²) in [5.41, 5.74) is 0. The van der Waals surface area contributed by atoms with Crippen molar-refractivity contribution in [2.75, 3.05) is 13.1 Å². The van der Waals surface area contributed by atoms with Crippen molar-refractivity contribution in [3.63, 3.8) is 0 Å². The number of sulfonamides is 1. The summed E-state index contributed by atoms with van der Waals surface area (Å²) in [6.07, 6.45) is -4.05. The number of nitrogens with zero attached hydrogens (tertiary/aromatic N) is 1. The van der Waals surface area contributed by atoms with E-state index in [1.165, 1.54) is 11.2 Å². The van der Waals surface area contributed by atoms with Gasteiger partial charge in [0.2, 0.25) is 10.0 Å². The molecule has 0 amide bonds. The smallest absolute Gasteiger partial charge is 0.311 e. The Hall–Kier alpha value is -1.12. The van der Waals surface area contributed by atoms with Gasteiger partial charge in [-0.1, -0.05) is 18.2 Å². The molecule has 0 bridgehead atoms. The van der Waals surface area contributed by atoms with E-state index in [0.29, 0.717) is 25.9 Å². The summed E-state index contributed by atoms with van der Waals surface area (Å²) in [7, 11) is -3.52. The molecule has 1 saturated heterocycles. The average Bonchev–Trinajstić information content (AvgIpc) is 2.46. The summed E-state index contributed by atoms with van der Waals surface area (Å²) in [6.45, 7) is 2.13. The van der Waals surface area contributed by atoms with Crippen molar-refractivity contribution in [1.82, 2.24) is 9.62 Å². The van der Waals surface area contributed by atoms with Gasteiger partial charge in [0.1, 0.15) is 0 Å². The molecule has 0 unspecified atom stereocenters. The summed E-state index contributed by atoms with van der Waals surface area (Å²) in [6, 6.07) is 7.42. The van der Waals surface area contributed by atoms with Gasteiger partial charge in [0, 0.05) is 25.2 Å². The van der Waals surface area contributed by atoms with Crippen LogP contribution >= 0.6 is 0 Å². The summed E-state index contributed by atoms with van der Waals surface area (Å²) in [5, 5.41) is 2.95. The third kappa shape index (κ3) is 5.19. The van der Waals surface area contributed by atoms with Crippen LogP contribution in [-0.2, 0) is 10.0 Å². The van der Waals surface area contributed by atoms with Gasteiger partial charge in [-0.3, -0.25) is 0 Å². The largest absolute Gasteiger partial charge is 0.390 e. The van der Waals surface area contributed by atoms with Crippen molar-refractivity contribution >= 4 is 10.0 Å². The van der Waals surface area contributed by atoms with Crippen LogP contribution in [0.25, 0.3) is 0 Å². The molecule has 1 aliphatic heterocycles. The molecule has 130 valence electrons. The fourth-order valence-corrected chi connectivity index (χ4v) is 4.30. The van der Waals surface area contributed by atoms with E-state index in [-0.39, 0.29) is 10.9 Å². The van der Waals surface area contributed by atoms with Crippen molar-refractivity contribution in [3.8, 4) is 0 Å². The molecule has 0 radical (unpaired) electrons. The average molecular weight is 350 g/mol. The Balaban J connectivity index is 1.89. The van der Waals surface area contributed by atoms with Crippen molar-refractivity contribution in [1.29, 1.82) is 0 Å². The van der Waals surface area contributed by atoms with Crippen LogP contribution in [0.2, 0.25) is 0 Å². The SMILES string of the molecule is C[C@H](CC(F)(F)F)NC1CCN(S(=O)(=O)c2ccccc2)CC1. The van der Waals surface area contributed by atoms with Crippen molar-refractivity contribution in [2.45, 2.75) is 49.3 Å². The number of rotatable bonds is 5. The molecule has 1 aromatic carbocycles. The fourth-order valence-electron chi connectivity index (χ4n) is 2.81. The molecule has 0 saturated carbocycles. The molecular formula is C15H21F3N2O2S. The minimum Gasteiger partial charge on any atom is -0.311 e. The van der Waals surface area contributed by atoms with Crippen LogP contribution in [0, 0.1) is 0 Å². The third-order valence-electron chi connectivity index (χ3n) is 3.89. The van der Waals surface area contributed by atoms with Gasteiger partial charge in [0.15, 0.2) is 0 Å². The lowest BCUT2D eigenvalue weighted by molar-refractivity contribution is -0.139. The summed E-state index contributed by atoms with van der Waals surface area (Å²) in [5.74, 6) is 0. The molecule has 1 atom stereocenters. The number of benzene rings is 1. The Kier molecular flexibility index (Phi) is 5.70. The van der Waals surface area contributed by atoms with E-state index in [1.807, 2.05) is 0 Å². The highest BCUT2D eigenvalue weighted by Crippen LogP contribution is 2.24. The van der Waals surface area contributed by atoms with E-state index in [4.69, 9.17) is 0 Å². The zero-order valence-electron chi connectivity index (χ0n) is 12.9. The molecular weight excluding hydrogens is 329 g/mol. The minimum atomic E-state index is -4.19. The Morgan fingerprint density at radius 2 is 1.78 bits per heavy atom. The first-order chi connectivity index (χ1) is 10.7. The molecule has 23 heavy (non-hydrogen) atoms. The molecule has 0 spiro atoms. The number of nitrogens with one attached hydrogen (secondary N) is 1. The second kappa shape index (κ2) is 7.19. The third-order valence-corrected chi connectivity index (χ3v) is 5.81. The molecule has 2 rings (SSSR count). The topological polar surface area (TPSA) is 49.4 Å². The summed E-state index contributed by atoms with van der Waals surface area (Å²) in [4.78, 5) is 0.247. The quantitative estimate of drug-likeness (QED) is 0.888. The Labute approximate surface area is 134 Å². The number of hydrogen-bond donors (Lipinski definition) is 1. The van der Waals surface area contributed by atoms with Crippen molar-refractivity contribution in [2.24, 2.45) is 0 Å². The highest BCUT2D eigenvalue weighted by atomic mass is 32.2. The van der Waals surface area contributed by atoms with Gasteiger partial charge >= 0.3 is 6.18 Å². The van der Waals surface area contributed by atoms with Crippen LogP contribution in [0.15, 0.2) is 35.2 Å². The molecule has 8 heteroatoms. The molecule has 0 aromatic heterocycles. The highest BCUT2D eigenvalue weighted by Gasteiger charge is 2.33. The van der Waals surface area contributed by atoms with Crippen molar-refractivity contribution in [3.05, 3.63) is 30.3 Å². The van der Waals surface area contributed by atoms with Crippen LogP contribution in [0.3, 0.4) is 0 Å². The predicted octanol–water partition coefficient (Wildman–Crippen LogP) is 2.77. The number of alkyl halides is 3. The molecule has 1 N–H and O–H groups in total. The molecule has 1 heterocycles. The number of halogens is 3. The Morgan fingerprint density at radius 3 is 2.30 bits per heavy atom. The lowest BCUT2D eigenvalue weighted by Crippen LogP contribution is -2.47. The van der Waals surface area contributed by atoms with Crippen LogP contribution in [0.1, 0.15) is 26.2 Å². The lowest BCUT2D eigenvalue weighted by Gasteiger charge is -2.33. The molecule has 1 aliphatic rings. The van der Waals surface area contributed by atoms with E-state index in [0.717, 1.165) is 0 Å². The number of piperidine rings is 1. The Morgan fingerprint density at radius 1 is 1.22 bits per heavy atom. The van der Waals surface area contributed by atoms with Gasteiger partial charge < -0.3 is 5.32 Å². The Bertz CT molecular complexity index is 597. The van der Waals surface area contributed by atoms with Gasteiger partial charge in [-0.2, -0.15) is 17.5 Å². The minimum absolute atomic E-state index is 0.0884. The standard InChI is InChI=1S/C15H21F3N2O2S/c1-12(11-15(16,17)18)19-13-7-9-20(10-8-13)23(21,22)14-5-3-2-4-6-14/h2-6,12-13,19H,7-11H2,1H3/t12-/m1/s1. The molecule has 0 aliphatic carbocycles. The maximum atomic E-state index is 12.5. The van der Waals surface area contributed by atoms with Crippen molar-refractivity contribution < 1.29 is 21.6 Å². The highest BCUT2D eigenvalue weighted by molar-refractivity contribution is 7.89. The zero-order chi connectivity index (χ0) is 17.1. The van der Waals surface area contributed by atoms with Gasteiger partial charge in [-0.25, -0.2) is 8.42 Å². The first-order valence-electron chi connectivity index (χ1n) is 7.56. The predicted molar refractivity (Wildman–Crippen MR) is 81.5 cm³/mol. The maximum absolute atomic E-state index is 12.5. The molecule has 1 fully saturated rings.